The Hall–Kier alpha value is -3.14. The monoisotopic (exact) mass is 495 g/mol. The summed E-state index contributed by atoms with van der Waals surface area (Å²) in [6, 6.07) is 4.56. The van der Waals surface area contributed by atoms with E-state index < -0.39 is 5.60 Å². The fourth-order valence-corrected chi connectivity index (χ4v) is 5.30. The average Bonchev–Trinajstić information content (AvgIpc) is 3.42. The van der Waals surface area contributed by atoms with Crippen molar-refractivity contribution in [1.82, 2.24) is 29.3 Å². The first-order valence-corrected chi connectivity index (χ1v) is 12.9. The molecule has 10 nitrogen and oxygen atoms in total. The molecule has 0 unspecified atom stereocenters. The first-order valence-electron chi connectivity index (χ1n) is 12.9. The average molecular weight is 496 g/mol. The second-order valence-corrected chi connectivity index (χ2v) is 10.9. The van der Waals surface area contributed by atoms with Crippen molar-refractivity contribution in [3.05, 3.63) is 29.7 Å². The molecule has 2 fully saturated rings. The number of hydrogen-bond donors (Lipinski definition) is 0. The second kappa shape index (κ2) is 9.38. The van der Waals surface area contributed by atoms with Crippen LogP contribution in [0, 0.1) is 13.8 Å². The number of hydrogen-bond acceptors (Lipinski definition) is 7. The lowest BCUT2D eigenvalue weighted by Gasteiger charge is -2.34. The van der Waals surface area contributed by atoms with Crippen molar-refractivity contribution in [1.29, 1.82) is 0 Å². The van der Waals surface area contributed by atoms with Gasteiger partial charge in [-0.1, -0.05) is 0 Å². The minimum Gasteiger partial charge on any atom is -0.444 e. The van der Waals surface area contributed by atoms with Crippen molar-refractivity contribution in [2.75, 3.05) is 37.7 Å². The Morgan fingerprint density at radius 1 is 1.17 bits per heavy atom. The zero-order valence-electron chi connectivity index (χ0n) is 22.2. The molecule has 0 bridgehead atoms. The molecule has 3 aromatic rings. The lowest BCUT2D eigenvalue weighted by atomic mass is 10.0. The number of morpholine rings is 1. The van der Waals surface area contributed by atoms with Gasteiger partial charge in [0, 0.05) is 43.0 Å². The summed E-state index contributed by atoms with van der Waals surface area (Å²) in [6.07, 6.45) is 3.23. The molecule has 5 rings (SSSR count). The molecule has 36 heavy (non-hydrogen) atoms. The predicted molar refractivity (Wildman–Crippen MR) is 137 cm³/mol. The van der Waals surface area contributed by atoms with E-state index in [4.69, 9.17) is 19.6 Å². The van der Waals surface area contributed by atoms with E-state index >= 15 is 0 Å². The van der Waals surface area contributed by atoms with Gasteiger partial charge < -0.3 is 19.3 Å². The number of carbonyl (C=O) groups is 1. The SMILES string of the molecule is Cc1nn(C2CCN(C(=O)OC(C)(C)C)CC2)c(C)c1-c1cc(N2CCOC[C@H]2C)nc2ccnn12. The largest absolute Gasteiger partial charge is 0.444 e. The Balaban J connectivity index is 1.43. The third kappa shape index (κ3) is 4.66. The van der Waals surface area contributed by atoms with E-state index in [9.17, 15) is 4.79 Å². The van der Waals surface area contributed by atoms with E-state index in [1.54, 1.807) is 11.1 Å². The predicted octanol–water partition coefficient (Wildman–Crippen LogP) is 4.01. The Morgan fingerprint density at radius 2 is 1.92 bits per heavy atom. The maximum Gasteiger partial charge on any atom is 0.410 e. The van der Waals surface area contributed by atoms with Crippen LogP contribution in [0.2, 0.25) is 0 Å². The molecule has 2 saturated heterocycles. The first-order chi connectivity index (χ1) is 17.1. The fraction of sp³-hybridized carbons (Fsp3) is 0.615. The molecule has 0 aliphatic carbocycles. The highest BCUT2D eigenvalue weighted by atomic mass is 16.6. The van der Waals surface area contributed by atoms with Crippen molar-refractivity contribution in [3.8, 4) is 11.3 Å². The Kier molecular flexibility index (Phi) is 6.40. The van der Waals surface area contributed by atoms with E-state index in [1.165, 1.54) is 0 Å². The topological polar surface area (TPSA) is 90.0 Å². The van der Waals surface area contributed by atoms with Gasteiger partial charge in [0.1, 0.15) is 11.4 Å². The van der Waals surface area contributed by atoms with Crippen LogP contribution in [0.15, 0.2) is 18.3 Å². The van der Waals surface area contributed by atoms with E-state index in [0.717, 1.165) is 53.5 Å². The zero-order valence-corrected chi connectivity index (χ0v) is 22.2. The van der Waals surface area contributed by atoms with Crippen LogP contribution in [0.3, 0.4) is 0 Å². The molecule has 0 N–H and O–H groups in total. The summed E-state index contributed by atoms with van der Waals surface area (Å²) in [5.41, 5.74) is 4.48. The standard InChI is InChI=1S/C26H37N7O3/c1-17-16-35-14-13-31(17)23-15-21(33-22(28-23)7-10-27-33)24-18(2)29-32(19(24)3)20-8-11-30(12-9-20)25(34)36-26(4,5)6/h7,10,15,17,20H,8-9,11-14,16H2,1-6H3/t17-/m1/s1. The van der Waals surface area contributed by atoms with Gasteiger partial charge in [-0.2, -0.15) is 10.2 Å². The fourth-order valence-electron chi connectivity index (χ4n) is 5.30. The smallest absolute Gasteiger partial charge is 0.410 e. The van der Waals surface area contributed by atoms with Crippen LogP contribution in [-0.4, -0.2) is 79.9 Å². The van der Waals surface area contributed by atoms with Gasteiger partial charge in [-0.25, -0.2) is 14.3 Å². The number of nitrogens with zero attached hydrogens (tertiary/aromatic N) is 7. The summed E-state index contributed by atoms with van der Waals surface area (Å²) in [5, 5.41) is 9.55. The summed E-state index contributed by atoms with van der Waals surface area (Å²) < 4.78 is 15.3. The highest BCUT2D eigenvalue weighted by molar-refractivity contribution is 5.71. The molecule has 0 radical (unpaired) electrons. The van der Waals surface area contributed by atoms with Gasteiger partial charge in [-0.3, -0.25) is 4.68 Å². The molecule has 5 heterocycles. The summed E-state index contributed by atoms with van der Waals surface area (Å²) in [6.45, 7) is 15.6. The van der Waals surface area contributed by atoms with Crippen LogP contribution in [-0.2, 0) is 9.47 Å². The van der Waals surface area contributed by atoms with Crippen molar-refractivity contribution < 1.29 is 14.3 Å². The summed E-state index contributed by atoms with van der Waals surface area (Å²) in [4.78, 5) is 21.5. The third-order valence-electron chi connectivity index (χ3n) is 7.05. The molecule has 0 aromatic carbocycles. The maximum absolute atomic E-state index is 12.5. The molecular formula is C26H37N7O3. The molecule has 2 aliphatic rings. The van der Waals surface area contributed by atoms with Crippen LogP contribution in [0.5, 0.6) is 0 Å². The summed E-state index contributed by atoms with van der Waals surface area (Å²) >= 11 is 0. The lowest BCUT2D eigenvalue weighted by Crippen LogP contribution is -2.44. The van der Waals surface area contributed by atoms with Gasteiger partial charge in [0.25, 0.3) is 0 Å². The first kappa shape index (κ1) is 24.5. The van der Waals surface area contributed by atoms with Gasteiger partial charge in [-0.15, -0.1) is 0 Å². The lowest BCUT2D eigenvalue weighted by molar-refractivity contribution is 0.0184. The van der Waals surface area contributed by atoms with Crippen molar-refractivity contribution in [2.45, 2.75) is 72.1 Å². The minimum absolute atomic E-state index is 0.227. The molecule has 0 spiro atoms. The molecular weight excluding hydrogens is 458 g/mol. The van der Waals surface area contributed by atoms with E-state index in [1.807, 2.05) is 31.4 Å². The molecule has 10 heteroatoms. The Labute approximate surface area is 212 Å². The highest BCUT2D eigenvalue weighted by Gasteiger charge is 2.30. The quantitative estimate of drug-likeness (QED) is 0.542. The van der Waals surface area contributed by atoms with Crippen molar-refractivity contribution >= 4 is 17.6 Å². The van der Waals surface area contributed by atoms with Crippen LogP contribution >= 0.6 is 0 Å². The number of amides is 1. The van der Waals surface area contributed by atoms with Crippen molar-refractivity contribution in [3.63, 3.8) is 0 Å². The number of ether oxygens (including phenoxy) is 2. The summed E-state index contributed by atoms with van der Waals surface area (Å²) in [5.74, 6) is 0.936. The molecule has 3 aromatic heterocycles. The van der Waals surface area contributed by atoms with Gasteiger partial charge in [-0.05, 0) is 54.4 Å². The minimum atomic E-state index is -0.487. The van der Waals surface area contributed by atoms with Crippen LogP contribution in [0.4, 0.5) is 10.6 Å². The number of likely N-dealkylation sites (tertiary alicyclic amines) is 1. The molecule has 0 saturated carbocycles. The molecule has 1 amide bonds. The molecule has 194 valence electrons. The third-order valence-corrected chi connectivity index (χ3v) is 7.05. The van der Waals surface area contributed by atoms with Gasteiger partial charge in [0.05, 0.1) is 42.9 Å². The van der Waals surface area contributed by atoms with Crippen LogP contribution in [0.25, 0.3) is 16.9 Å². The van der Waals surface area contributed by atoms with Gasteiger partial charge >= 0.3 is 6.09 Å². The van der Waals surface area contributed by atoms with E-state index in [0.29, 0.717) is 26.3 Å². The maximum atomic E-state index is 12.5. The number of rotatable bonds is 3. The number of fused-ring (bicyclic) bond motifs is 1. The zero-order chi connectivity index (χ0) is 25.6. The van der Waals surface area contributed by atoms with Crippen molar-refractivity contribution in [2.24, 2.45) is 0 Å². The molecule has 1 atom stereocenters. The van der Waals surface area contributed by atoms with Crippen LogP contribution in [0.1, 0.15) is 58.0 Å². The van der Waals surface area contributed by atoms with E-state index in [2.05, 4.69) is 41.5 Å². The number of piperidine rings is 1. The van der Waals surface area contributed by atoms with E-state index in [-0.39, 0.29) is 18.2 Å². The van der Waals surface area contributed by atoms with Crippen LogP contribution < -0.4 is 4.90 Å². The normalized spacial score (nSPS) is 19.8. The number of aryl methyl sites for hydroxylation is 1. The number of carbonyl (C=O) groups excluding carboxylic acids is 1. The summed E-state index contributed by atoms with van der Waals surface area (Å²) in [7, 11) is 0. The Morgan fingerprint density at radius 3 is 2.61 bits per heavy atom. The van der Waals surface area contributed by atoms with Gasteiger partial charge in [0.2, 0.25) is 0 Å². The second-order valence-electron chi connectivity index (χ2n) is 10.9. The number of aromatic nitrogens is 5. The van der Waals surface area contributed by atoms with Gasteiger partial charge in [0.15, 0.2) is 5.65 Å². The number of anilines is 1. The highest BCUT2D eigenvalue weighted by Crippen LogP contribution is 2.34. The Bertz CT molecular complexity index is 1250. The molecule has 2 aliphatic heterocycles.